The van der Waals surface area contributed by atoms with Crippen LogP contribution in [0.15, 0.2) is 12.4 Å². The van der Waals surface area contributed by atoms with Crippen molar-refractivity contribution in [2.24, 2.45) is 0 Å². The zero-order chi connectivity index (χ0) is 7.56. The predicted molar refractivity (Wildman–Crippen MR) is 46.6 cm³/mol. The molecule has 1 aromatic rings. The Bertz CT molecular complexity index is 237. The maximum absolute atomic E-state index is 5.81. The molecular formula is C7H7BrClN. The van der Waals surface area contributed by atoms with Crippen molar-refractivity contribution < 1.29 is 0 Å². The van der Waals surface area contributed by atoms with Gasteiger partial charge in [-0.2, -0.15) is 0 Å². The van der Waals surface area contributed by atoms with Gasteiger partial charge in [0.25, 0.3) is 0 Å². The molecule has 0 aliphatic rings. The molecule has 0 N–H and O–H groups in total. The van der Waals surface area contributed by atoms with Crippen molar-refractivity contribution >= 4 is 27.5 Å². The van der Waals surface area contributed by atoms with E-state index in [0.717, 1.165) is 21.5 Å². The zero-order valence-corrected chi connectivity index (χ0v) is 7.91. The Morgan fingerprint density at radius 1 is 1.60 bits per heavy atom. The first-order valence-corrected chi connectivity index (χ1v) is 4.40. The Morgan fingerprint density at radius 3 is 2.80 bits per heavy atom. The molecule has 0 fully saturated rings. The van der Waals surface area contributed by atoms with Crippen molar-refractivity contribution in [3.8, 4) is 0 Å². The molecule has 1 nitrogen and oxygen atoms in total. The second kappa shape index (κ2) is 3.35. The Hall–Kier alpha value is -0.0800. The molecule has 0 spiro atoms. The molecule has 0 unspecified atom stereocenters. The fraction of sp³-hybridized carbons (Fsp3) is 0.286. The third-order valence-electron chi connectivity index (χ3n) is 1.40. The van der Waals surface area contributed by atoms with Crippen LogP contribution in [-0.4, -0.2) is 4.98 Å². The standard InChI is InChI=1S/C7H7BrClN/c1-5-6(2-8)3-10-4-7(5)9/h3-4H,2H2,1H3. The van der Waals surface area contributed by atoms with Crippen LogP contribution in [0.2, 0.25) is 5.02 Å². The number of hydrogen-bond donors (Lipinski definition) is 0. The van der Waals surface area contributed by atoms with E-state index < -0.39 is 0 Å². The average Bonchev–Trinajstić information content (AvgIpc) is 1.95. The highest BCUT2D eigenvalue weighted by Crippen LogP contribution is 2.18. The fourth-order valence-electron chi connectivity index (χ4n) is 0.674. The average molecular weight is 220 g/mol. The first-order valence-electron chi connectivity index (χ1n) is 2.90. The van der Waals surface area contributed by atoms with Crippen molar-refractivity contribution in [1.82, 2.24) is 4.98 Å². The largest absolute Gasteiger partial charge is 0.263 e. The number of halogens is 2. The first-order chi connectivity index (χ1) is 4.75. The summed E-state index contributed by atoms with van der Waals surface area (Å²) < 4.78 is 0. The second-order valence-corrected chi connectivity index (χ2v) is 3.01. The normalized spacial score (nSPS) is 9.90. The third-order valence-corrected chi connectivity index (χ3v) is 2.39. The molecule has 3 heteroatoms. The number of alkyl halides is 1. The molecular weight excluding hydrogens is 213 g/mol. The van der Waals surface area contributed by atoms with Crippen molar-refractivity contribution in [2.45, 2.75) is 12.3 Å². The molecule has 0 aliphatic carbocycles. The Morgan fingerprint density at radius 2 is 2.30 bits per heavy atom. The summed E-state index contributed by atoms with van der Waals surface area (Å²) in [4.78, 5) is 3.95. The van der Waals surface area contributed by atoms with E-state index in [1.54, 1.807) is 6.20 Å². The molecule has 0 aromatic carbocycles. The van der Waals surface area contributed by atoms with Crippen molar-refractivity contribution in [1.29, 1.82) is 0 Å². The topological polar surface area (TPSA) is 12.9 Å². The lowest BCUT2D eigenvalue weighted by atomic mass is 10.2. The van der Waals surface area contributed by atoms with Gasteiger partial charge in [0.15, 0.2) is 0 Å². The number of pyridine rings is 1. The third kappa shape index (κ3) is 1.50. The van der Waals surface area contributed by atoms with Crippen molar-refractivity contribution in [2.75, 3.05) is 0 Å². The summed E-state index contributed by atoms with van der Waals surface area (Å²) in [5.74, 6) is 0. The highest BCUT2D eigenvalue weighted by atomic mass is 79.9. The van der Waals surface area contributed by atoms with Crippen LogP contribution < -0.4 is 0 Å². The van der Waals surface area contributed by atoms with Crippen molar-refractivity contribution in [3.05, 3.63) is 28.5 Å². The lowest BCUT2D eigenvalue weighted by molar-refractivity contribution is 1.21. The van der Waals surface area contributed by atoms with E-state index in [0.29, 0.717) is 0 Å². The van der Waals surface area contributed by atoms with Gasteiger partial charge < -0.3 is 0 Å². The van der Waals surface area contributed by atoms with Crippen LogP contribution in [0.5, 0.6) is 0 Å². The van der Waals surface area contributed by atoms with E-state index in [4.69, 9.17) is 11.6 Å². The minimum absolute atomic E-state index is 0.733. The molecule has 1 aromatic heterocycles. The van der Waals surface area contributed by atoms with Gasteiger partial charge in [-0.1, -0.05) is 27.5 Å². The molecule has 0 atom stereocenters. The van der Waals surface area contributed by atoms with E-state index in [9.17, 15) is 0 Å². The number of rotatable bonds is 1. The molecule has 54 valence electrons. The van der Waals surface area contributed by atoms with Gasteiger partial charge in [-0.15, -0.1) is 0 Å². The van der Waals surface area contributed by atoms with Gasteiger partial charge in [-0.05, 0) is 18.1 Å². The van der Waals surface area contributed by atoms with Gasteiger partial charge in [0, 0.05) is 17.7 Å². The molecule has 1 heterocycles. The molecule has 0 amide bonds. The van der Waals surface area contributed by atoms with Crippen LogP contribution in [-0.2, 0) is 5.33 Å². The van der Waals surface area contributed by atoms with E-state index in [2.05, 4.69) is 20.9 Å². The maximum atomic E-state index is 5.81. The van der Waals surface area contributed by atoms with E-state index in [1.165, 1.54) is 0 Å². The van der Waals surface area contributed by atoms with Crippen LogP contribution in [0, 0.1) is 6.92 Å². The van der Waals surface area contributed by atoms with Gasteiger partial charge in [-0.3, -0.25) is 4.98 Å². The molecule has 10 heavy (non-hydrogen) atoms. The number of nitrogens with zero attached hydrogens (tertiary/aromatic N) is 1. The van der Waals surface area contributed by atoms with Gasteiger partial charge in [-0.25, -0.2) is 0 Å². The van der Waals surface area contributed by atoms with Crippen LogP contribution in [0.1, 0.15) is 11.1 Å². The summed E-state index contributed by atoms with van der Waals surface area (Å²) >= 11 is 9.15. The summed E-state index contributed by atoms with van der Waals surface area (Å²) in [6.07, 6.45) is 3.47. The smallest absolute Gasteiger partial charge is 0.0621 e. The Kier molecular flexibility index (Phi) is 2.69. The minimum atomic E-state index is 0.733. The van der Waals surface area contributed by atoms with E-state index in [1.807, 2.05) is 13.1 Å². The van der Waals surface area contributed by atoms with E-state index >= 15 is 0 Å². The van der Waals surface area contributed by atoms with E-state index in [-0.39, 0.29) is 0 Å². The van der Waals surface area contributed by atoms with Crippen LogP contribution in [0.4, 0.5) is 0 Å². The molecule has 0 radical (unpaired) electrons. The summed E-state index contributed by atoms with van der Waals surface area (Å²) in [6.45, 7) is 1.99. The maximum Gasteiger partial charge on any atom is 0.0621 e. The summed E-state index contributed by atoms with van der Waals surface area (Å²) in [5, 5.41) is 1.55. The summed E-state index contributed by atoms with van der Waals surface area (Å²) in [7, 11) is 0. The molecule has 0 bridgehead atoms. The summed E-state index contributed by atoms with van der Waals surface area (Å²) in [6, 6.07) is 0. The monoisotopic (exact) mass is 219 g/mol. The Balaban J connectivity index is 3.14. The first kappa shape index (κ1) is 8.02. The zero-order valence-electron chi connectivity index (χ0n) is 5.56. The Labute approximate surface area is 73.6 Å². The van der Waals surface area contributed by atoms with Crippen LogP contribution >= 0.6 is 27.5 Å². The SMILES string of the molecule is Cc1c(Cl)cncc1CBr. The molecule has 0 saturated heterocycles. The van der Waals surface area contributed by atoms with Gasteiger partial charge in [0.2, 0.25) is 0 Å². The van der Waals surface area contributed by atoms with Gasteiger partial charge in [0.05, 0.1) is 5.02 Å². The number of hydrogen-bond acceptors (Lipinski definition) is 1. The lowest BCUT2D eigenvalue weighted by Gasteiger charge is -2.00. The molecule has 0 saturated carbocycles. The highest BCUT2D eigenvalue weighted by molar-refractivity contribution is 9.08. The van der Waals surface area contributed by atoms with Crippen LogP contribution in [0.3, 0.4) is 0 Å². The van der Waals surface area contributed by atoms with Crippen molar-refractivity contribution in [3.63, 3.8) is 0 Å². The predicted octanol–water partition coefficient (Wildman–Crippen LogP) is 2.94. The molecule has 0 aliphatic heterocycles. The molecule has 1 rings (SSSR count). The summed E-state index contributed by atoms with van der Waals surface area (Å²) in [5.41, 5.74) is 2.25. The highest BCUT2D eigenvalue weighted by Gasteiger charge is 1.99. The number of aromatic nitrogens is 1. The van der Waals surface area contributed by atoms with Gasteiger partial charge in [0.1, 0.15) is 0 Å². The lowest BCUT2D eigenvalue weighted by Crippen LogP contribution is -1.86. The fourth-order valence-corrected chi connectivity index (χ4v) is 1.42. The van der Waals surface area contributed by atoms with Crippen LogP contribution in [0.25, 0.3) is 0 Å². The quantitative estimate of drug-likeness (QED) is 0.663. The van der Waals surface area contributed by atoms with Gasteiger partial charge >= 0.3 is 0 Å². The second-order valence-electron chi connectivity index (χ2n) is 2.04. The minimum Gasteiger partial charge on any atom is -0.263 e.